The van der Waals surface area contributed by atoms with Gasteiger partial charge in [-0.3, -0.25) is 4.90 Å². The second-order valence-electron chi connectivity index (χ2n) is 4.20. The lowest BCUT2D eigenvalue weighted by Gasteiger charge is -2.20. The Bertz CT molecular complexity index is 392. The van der Waals surface area contributed by atoms with Crippen LogP contribution in [-0.2, 0) is 6.54 Å². The highest BCUT2D eigenvalue weighted by Gasteiger charge is 2.17. The molecular formula is C13H19NO3. The minimum Gasteiger partial charge on any atom is -0.507 e. The third kappa shape index (κ3) is 2.64. The number of benzene rings is 1. The molecule has 0 spiro atoms. The second kappa shape index (κ2) is 5.27. The number of hydrogen-bond donors (Lipinski definition) is 1. The van der Waals surface area contributed by atoms with Gasteiger partial charge in [-0.2, -0.15) is 0 Å². The molecule has 0 saturated carbocycles. The molecular weight excluding hydrogens is 218 g/mol. The summed E-state index contributed by atoms with van der Waals surface area (Å²) in [5.74, 6) is 1.64. The molecule has 1 heterocycles. The van der Waals surface area contributed by atoms with E-state index in [2.05, 4.69) is 18.7 Å². The molecule has 1 aliphatic rings. The third-order valence-electron chi connectivity index (χ3n) is 2.95. The van der Waals surface area contributed by atoms with E-state index in [4.69, 9.17) is 9.47 Å². The number of nitrogens with zero attached hydrogens (tertiary/aromatic N) is 1. The first-order chi connectivity index (χ1) is 8.24. The molecule has 0 aromatic heterocycles. The van der Waals surface area contributed by atoms with Crippen LogP contribution < -0.4 is 9.47 Å². The van der Waals surface area contributed by atoms with Crippen molar-refractivity contribution in [2.24, 2.45) is 0 Å². The van der Waals surface area contributed by atoms with Gasteiger partial charge in [0, 0.05) is 18.2 Å². The predicted molar refractivity (Wildman–Crippen MR) is 65.5 cm³/mol. The maximum absolute atomic E-state index is 9.93. The Morgan fingerprint density at radius 2 is 1.94 bits per heavy atom. The smallest absolute Gasteiger partial charge is 0.231 e. The Labute approximate surface area is 102 Å². The predicted octanol–water partition coefficient (Wildman–Crippen LogP) is 2.35. The van der Waals surface area contributed by atoms with E-state index in [1.165, 1.54) is 0 Å². The summed E-state index contributed by atoms with van der Waals surface area (Å²) in [7, 11) is 0. The number of rotatable bonds is 5. The lowest BCUT2D eigenvalue weighted by atomic mass is 10.1. The molecule has 1 aromatic carbocycles. The van der Waals surface area contributed by atoms with Gasteiger partial charge >= 0.3 is 0 Å². The van der Waals surface area contributed by atoms with E-state index < -0.39 is 0 Å². The Morgan fingerprint density at radius 1 is 1.24 bits per heavy atom. The van der Waals surface area contributed by atoms with Crippen LogP contribution in [0, 0.1) is 0 Å². The van der Waals surface area contributed by atoms with Gasteiger partial charge in [-0.05, 0) is 25.6 Å². The molecule has 2 rings (SSSR count). The van der Waals surface area contributed by atoms with E-state index in [0.717, 1.165) is 37.4 Å². The summed E-state index contributed by atoms with van der Waals surface area (Å²) in [6.45, 7) is 7.27. The molecule has 1 aromatic rings. The Balaban J connectivity index is 2.15. The van der Waals surface area contributed by atoms with Crippen molar-refractivity contribution in [3.63, 3.8) is 0 Å². The van der Waals surface area contributed by atoms with Crippen molar-refractivity contribution in [2.45, 2.75) is 26.8 Å². The molecule has 1 aliphatic heterocycles. The number of ether oxygens (including phenoxy) is 2. The monoisotopic (exact) mass is 237 g/mol. The lowest BCUT2D eigenvalue weighted by Crippen LogP contribution is -2.23. The molecule has 0 aliphatic carbocycles. The average Bonchev–Trinajstić information content (AvgIpc) is 2.75. The van der Waals surface area contributed by atoms with Gasteiger partial charge in [0.2, 0.25) is 6.79 Å². The SMILES string of the molecule is CCCN(CC)Cc1cc2c(cc1O)OCO2. The van der Waals surface area contributed by atoms with Crippen LogP contribution in [0.1, 0.15) is 25.8 Å². The van der Waals surface area contributed by atoms with Gasteiger partial charge in [0.15, 0.2) is 11.5 Å². The first-order valence-electron chi connectivity index (χ1n) is 6.08. The molecule has 4 nitrogen and oxygen atoms in total. The molecule has 94 valence electrons. The van der Waals surface area contributed by atoms with Gasteiger partial charge in [-0.25, -0.2) is 0 Å². The van der Waals surface area contributed by atoms with Gasteiger partial charge in [0.25, 0.3) is 0 Å². The molecule has 0 fully saturated rings. The van der Waals surface area contributed by atoms with Gasteiger partial charge in [0.1, 0.15) is 5.75 Å². The topological polar surface area (TPSA) is 41.9 Å². The zero-order valence-corrected chi connectivity index (χ0v) is 10.4. The average molecular weight is 237 g/mol. The van der Waals surface area contributed by atoms with E-state index in [0.29, 0.717) is 5.75 Å². The van der Waals surface area contributed by atoms with Crippen LogP contribution in [-0.4, -0.2) is 29.9 Å². The van der Waals surface area contributed by atoms with Crippen LogP contribution in [0.5, 0.6) is 17.2 Å². The van der Waals surface area contributed by atoms with E-state index >= 15 is 0 Å². The van der Waals surface area contributed by atoms with E-state index in [1.54, 1.807) is 6.07 Å². The minimum atomic E-state index is 0.241. The molecule has 0 amide bonds. The van der Waals surface area contributed by atoms with Gasteiger partial charge in [0.05, 0.1) is 0 Å². The zero-order valence-electron chi connectivity index (χ0n) is 10.4. The van der Waals surface area contributed by atoms with Crippen molar-refractivity contribution < 1.29 is 14.6 Å². The maximum atomic E-state index is 9.93. The molecule has 0 saturated heterocycles. The van der Waals surface area contributed by atoms with Crippen LogP contribution in [0.4, 0.5) is 0 Å². The second-order valence-corrected chi connectivity index (χ2v) is 4.20. The van der Waals surface area contributed by atoms with Gasteiger partial charge < -0.3 is 14.6 Å². The number of hydrogen-bond acceptors (Lipinski definition) is 4. The summed E-state index contributed by atoms with van der Waals surface area (Å²) in [5.41, 5.74) is 0.893. The molecule has 0 radical (unpaired) electrons. The van der Waals surface area contributed by atoms with Crippen molar-refractivity contribution in [1.82, 2.24) is 4.90 Å². The Hall–Kier alpha value is -1.42. The molecule has 1 N–H and O–H groups in total. The largest absolute Gasteiger partial charge is 0.507 e. The normalized spacial score (nSPS) is 13.4. The number of phenols is 1. The zero-order chi connectivity index (χ0) is 12.3. The van der Waals surface area contributed by atoms with Gasteiger partial charge in [-0.15, -0.1) is 0 Å². The fourth-order valence-corrected chi connectivity index (χ4v) is 2.01. The standard InChI is InChI=1S/C13H19NO3/c1-3-5-14(4-2)8-10-6-12-13(7-11(10)15)17-9-16-12/h6-7,15H,3-5,8-9H2,1-2H3. The number of aromatic hydroxyl groups is 1. The van der Waals surface area contributed by atoms with Crippen LogP contribution in [0.15, 0.2) is 12.1 Å². The summed E-state index contributed by atoms with van der Waals surface area (Å²) in [6, 6.07) is 3.51. The molecule has 4 heteroatoms. The molecule has 0 bridgehead atoms. The summed E-state index contributed by atoms with van der Waals surface area (Å²) in [4.78, 5) is 2.29. The number of phenolic OH excluding ortho intramolecular Hbond substituents is 1. The first kappa shape index (κ1) is 12.0. The maximum Gasteiger partial charge on any atom is 0.231 e. The fraction of sp³-hybridized carbons (Fsp3) is 0.538. The summed E-state index contributed by atoms with van der Waals surface area (Å²) in [6.07, 6.45) is 1.11. The van der Waals surface area contributed by atoms with Crippen LogP contribution >= 0.6 is 0 Å². The lowest BCUT2D eigenvalue weighted by molar-refractivity contribution is 0.174. The highest BCUT2D eigenvalue weighted by Crippen LogP contribution is 2.37. The summed E-state index contributed by atoms with van der Waals surface area (Å²) in [5, 5.41) is 9.93. The Kier molecular flexibility index (Phi) is 3.74. The third-order valence-corrected chi connectivity index (χ3v) is 2.95. The molecule has 17 heavy (non-hydrogen) atoms. The van der Waals surface area contributed by atoms with Crippen molar-refractivity contribution in [3.8, 4) is 17.2 Å². The summed E-state index contributed by atoms with van der Waals surface area (Å²) >= 11 is 0. The summed E-state index contributed by atoms with van der Waals surface area (Å²) < 4.78 is 10.5. The van der Waals surface area contributed by atoms with E-state index in [-0.39, 0.29) is 12.5 Å². The van der Waals surface area contributed by atoms with Crippen LogP contribution in [0.2, 0.25) is 0 Å². The number of fused-ring (bicyclic) bond motifs is 1. The van der Waals surface area contributed by atoms with E-state index in [9.17, 15) is 5.11 Å². The van der Waals surface area contributed by atoms with Gasteiger partial charge in [-0.1, -0.05) is 13.8 Å². The molecule has 0 unspecified atom stereocenters. The van der Waals surface area contributed by atoms with E-state index in [1.807, 2.05) is 6.07 Å². The minimum absolute atomic E-state index is 0.241. The van der Waals surface area contributed by atoms with Crippen LogP contribution in [0.25, 0.3) is 0 Å². The van der Waals surface area contributed by atoms with Crippen molar-refractivity contribution in [2.75, 3.05) is 19.9 Å². The fourth-order valence-electron chi connectivity index (χ4n) is 2.01. The van der Waals surface area contributed by atoms with Crippen molar-refractivity contribution in [1.29, 1.82) is 0 Å². The van der Waals surface area contributed by atoms with Crippen molar-refractivity contribution >= 4 is 0 Å². The van der Waals surface area contributed by atoms with Crippen LogP contribution in [0.3, 0.4) is 0 Å². The first-order valence-corrected chi connectivity index (χ1v) is 6.08. The quantitative estimate of drug-likeness (QED) is 0.853. The Morgan fingerprint density at radius 3 is 2.59 bits per heavy atom. The highest BCUT2D eigenvalue weighted by molar-refractivity contribution is 5.51. The molecule has 0 atom stereocenters. The van der Waals surface area contributed by atoms with Crippen molar-refractivity contribution in [3.05, 3.63) is 17.7 Å². The highest BCUT2D eigenvalue weighted by atomic mass is 16.7.